The van der Waals surface area contributed by atoms with Crippen LogP contribution in [0.5, 0.6) is 5.75 Å². The molecule has 19 heavy (non-hydrogen) atoms. The molecule has 0 radical (unpaired) electrons. The Balaban J connectivity index is 2.06. The van der Waals surface area contributed by atoms with Gasteiger partial charge < -0.3 is 20.5 Å². The first-order valence-corrected chi connectivity index (χ1v) is 6.56. The lowest BCUT2D eigenvalue weighted by molar-refractivity contribution is 0.181. The molecular weight excluding hydrogens is 266 g/mol. The molecule has 0 spiro atoms. The third-order valence-electron chi connectivity index (χ3n) is 3.16. The molecule has 1 aromatic rings. The summed E-state index contributed by atoms with van der Waals surface area (Å²) >= 11 is 5.93. The number of nitrogens with two attached hydrogens (primary N) is 1. The number of methoxy groups -OCH3 is 1. The topological polar surface area (TPSA) is 71.1 Å². The molecule has 0 aliphatic carbocycles. The van der Waals surface area contributed by atoms with Gasteiger partial charge in [-0.2, -0.15) is 0 Å². The molecule has 5 nitrogen and oxygen atoms in total. The predicted octanol–water partition coefficient (Wildman–Crippen LogP) is 1.40. The maximum absolute atomic E-state index is 10.2. The first-order valence-electron chi connectivity index (χ1n) is 6.18. The minimum Gasteiger partial charge on any atom is -0.496 e. The van der Waals surface area contributed by atoms with Crippen LogP contribution in [0, 0.1) is 0 Å². The van der Waals surface area contributed by atoms with Crippen LogP contribution in [0.2, 0.25) is 5.02 Å². The maximum Gasteiger partial charge on any atom is 0.191 e. The lowest BCUT2D eigenvalue weighted by Crippen LogP contribution is -2.46. The van der Waals surface area contributed by atoms with Crippen LogP contribution >= 0.6 is 11.6 Å². The van der Waals surface area contributed by atoms with E-state index in [-0.39, 0.29) is 6.54 Å². The SMILES string of the molecule is COc1ccc(Cl)cc1C(O)CN=C(N)N1CCC1. The van der Waals surface area contributed by atoms with Crippen molar-refractivity contribution in [1.29, 1.82) is 0 Å². The van der Waals surface area contributed by atoms with Crippen LogP contribution in [0.1, 0.15) is 18.1 Å². The Bertz CT molecular complexity index is 475. The van der Waals surface area contributed by atoms with E-state index in [1.165, 1.54) is 0 Å². The number of likely N-dealkylation sites (tertiary alicyclic amines) is 1. The maximum atomic E-state index is 10.2. The average molecular weight is 284 g/mol. The minimum absolute atomic E-state index is 0.193. The Morgan fingerprint density at radius 2 is 2.32 bits per heavy atom. The van der Waals surface area contributed by atoms with Crippen molar-refractivity contribution < 1.29 is 9.84 Å². The molecule has 1 atom stereocenters. The van der Waals surface area contributed by atoms with Gasteiger partial charge in [-0.25, -0.2) is 0 Å². The first-order chi connectivity index (χ1) is 9.11. The van der Waals surface area contributed by atoms with Gasteiger partial charge in [0.05, 0.1) is 13.7 Å². The quantitative estimate of drug-likeness (QED) is 0.647. The van der Waals surface area contributed by atoms with Crippen molar-refractivity contribution in [2.75, 3.05) is 26.7 Å². The molecule has 1 unspecified atom stereocenters. The van der Waals surface area contributed by atoms with Crippen molar-refractivity contribution in [3.8, 4) is 5.75 Å². The van der Waals surface area contributed by atoms with Crippen LogP contribution < -0.4 is 10.5 Å². The van der Waals surface area contributed by atoms with E-state index in [0.29, 0.717) is 22.3 Å². The average Bonchev–Trinajstić information content (AvgIpc) is 2.33. The summed E-state index contributed by atoms with van der Waals surface area (Å²) in [6, 6.07) is 5.12. The normalized spacial score (nSPS) is 17.0. The second-order valence-electron chi connectivity index (χ2n) is 4.44. The van der Waals surface area contributed by atoms with E-state index in [0.717, 1.165) is 19.5 Å². The zero-order valence-corrected chi connectivity index (χ0v) is 11.6. The summed E-state index contributed by atoms with van der Waals surface area (Å²) in [5, 5.41) is 10.7. The highest BCUT2D eigenvalue weighted by molar-refractivity contribution is 6.30. The van der Waals surface area contributed by atoms with E-state index < -0.39 is 6.10 Å². The van der Waals surface area contributed by atoms with Gasteiger partial charge in [-0.3, -0.25) is 4.99 Å². The molecular formula is C13H18ClN3O2. The predicted molar refractivity (Wildman–Crippen MR) is 75.6 cm³/mol. The van der Waals surface area contributed by atoms with Gasteiger partial charge in [0.25, 0.3) is 0 Å². The Morgan fingerprint density at radius 3 is 2.89 bits per heavy atom. The summed E-state index contributed by atoms with van der Waals surface area (Å²) in [6.07, 6.45) is 0.356. The number of hydrogen-bond donors (Lipinski definition) is 2. The van der Waals surface area contributed by atoms with Gasteiger partial charge in [0.2, 0.25) is 0 Å². The van der Waals surface area contributed by atoms with Crippen molar-refractivity contribution in [1.82, 2.24) is 4.90 Å². The summed E-state index contributed by atoms with van der Waals surface area (Å²) in [7, 11) is 1.55. The lowest BCUT2D eigenvalue weighted by atomic mass is 10.1. The van der Waals surface area contributed by atoms with Gasteiger partial charge >= 0.3 is 0 Å². The van der Waals surface area contributed by atoms with Crippen LogP contribution in [0.15, 0.2) is 23.2 Å². The minimum atomic E-state index is -0.784. The molecule has 0 saturated carbocycles. The van der Waals surface area contributed by atoms with Gasteiger partial charge in [-0.05, 0) is 24.6 Å². The molecule has 0 aromatic heterocycles. The number of rotatable bonds is 4. The fourth-order valence-corrected chi connectivity index (χ4v) is 2.07. The smallest absolute Gasteiger partial charge is 0.191 e. The second-order valence-corrected chi connectivity index (χ2v) is 4.88. The fraction of sp³-hybridized carbons (Fsp3) is 0.462. The third-order valence-corrected chi connectivity index (χ3v) is 3.39. The molecule has 1 aliphatic heterocycles. The number of hydrogen-bond acceptors (Lipinski definition) is 3. The van der Waals surface area contributed by atoms with Crippen LogP contribution in [0.4, 0.5) is 0 Å². The number of benzene rings is 1. The van der Waals surface area contributed by atoms with Crippen molar-refractivity contribution in [2.24, 2.45) is 10.7 Å². The van der Waals surface area contributed by atoms with Gasteiger partial charge in [-0.15, -0.1) is 0 Å². The number of nitrogens with zero attached hydrogens (tertiary/aromatic N) is 2. The van der Waals surface area contributed by atoms with E-state index in [1.54, 1.807) is 25.3 Å². The Hall–Kier alpha value is -1.46. The molecule has 3 N–H and O–H groups in total. The monoisotopic (exact) mass is 283 g/mol. The van der Waals surface area contributed by atoms with Gasteiger partial charge in [0, 0.05) is 23.7 Å². The number of aliphatic hydroxyl groups is 1. The Morgan fingerprint density at radius 1 is 1.58 bits per heavy atom. The molecule has 1 aliphatic rings. The highest BCUT2D eigenvalue weighted by atomic mass is 35.5. The fourth-order valence-electron chi connectivity index (χ4n) is 1.89. The van der Waals surface area contributed by atoms with Crippen molar-refractivity contribution >= 4 is 17.6 Å². The largest absolute Gasteiger partial charge is 0.496 e. The zero-order chi connectivity index (χ0) is 13.8. The zero-order valence-electron chi connectivity index (χ0n) is 10.8. The van der Waals surface area contributed by atoms with Crippen LogP contribution in [-0.4, -0.2) is 42.7 Å². The van der Waals surface area contributed by atoms with Gasteiger partial charge in [0.1, 0.15) is 11.9 Å². The van der Waals surface area contributed by atoms with E-state index >= 15 is 0 Å². The molecule has 2 rings (SSSR count). The molecule has 1 saturated heterocycles. The van der Waals surface area contributed by atoms with E-state index in [2.05, 4.69) is 4.99 Å². The number of guanidine groups is 1. The van der Waals surface area contributed by atoms with Crippen molar-refractivity contribution in [3.05, 3.63) is 28.8 Å². The number of halogens is 1. The number of ether oxygens (including phenoxy) is 1. The summed E-state index contributed by atoms with van der Waals surface area (Å²) in [4.78, 5) is 6.17. The van der Waals surface area contributed by atoms with Gasteiger partial charge in [-0.1, -0.05) is 11.6 Å². The second kappa shape index (κ2) is 6.12. The summed E-state index contributed by atoms with van der Waals surface area (Å²) < 4.78 is 5.20. The third kappa shape index (κ3) is 3.30. The van der Waals surface area contributed by atoms with Gasteiger partial charge in [0.15, 0.2) is 5.96 Å². The summed E-state index contributed by atoms with van der Waals surface area (Å²) in [5.74, 6) is 1.07. The molecule has 0 bridgehead atoms. The van der Waals surface area contributed by atoms with Crippen LogP contribution in [0.3, 0.4) is 0 Å². The highest BCUT2D eigenvalue weighted by Crippen LogP contribution is 2.28. The highest BCUT2D eigenvalue weighted by Gasteiger charge is 2.17. The standard InChI is InChI=1S/C13H18ClN3O2/c1-19-12-4-3-9(14)7-10(12)11(18)8-16-13(15)17-5-2-6-17/h3-4,7,11,18H,2,5-6,8H2,1H3,(H2,15,16). The number of aliphatic imine (C=N–C) groups is 1. The lowest BCUT2D eigenvalue weighted by Gasteiger charge is -2.31. The number of aliphatic hydroxyl groups excluding tert-OH is 1. The molecule has 0 amide bonds. The molecule has 104 valence electrons. The molecule has 1 aromatic carbocycles. The van der Waals surface area contributed by atoms with Crippen molar-refractivity contribution in [3.63, 3.8) is 0 Å². The molecule has 6 heteroatoms. The van der Waals surface area contributed by atoms with Crippen LogP contribution in [-0.2, 0) is 0 Å². The summed E-state index contributed by atoms with van der Waals surface area (Å²) in [5.41, 5.74) is 6.43. The Kier molecular flexibility index (Phi) is 4.50. The first kappa shape index (κ1) is 14.0. The molecule has 1 fully saturated rings. The van der Waals surface area contributed by atoms with Crippen LogP contribution in [0.25, 0.3) is 0 Å². The van der Waals surface area contributed by atoms with E-state index in [9.17, 15) is 5.11 Å². The van der Waals surface area contributed by atoms with Crippen molar-refractivity contribution in [2.45, 2.75) is 12.5 Å². The summed E-state index contributed by atoms with van der Waals surface area (Å²) in [6.45, 7) is 2.07. The van der Waals surface area contributed by atoms with E-state index in [4.69, 9.17) is 22.1 Å². The molecule has 1 heterocycles. The van der Waals surface area contributed by atoms with E-state index in [1.807, 2.05) is 4.90 Å². The Labute approximate surface area is 117 Å².